The number of hydrogen-bond donors (Lipinski definition) is 2. The fourth-order valence-electron chi connectivity index (χ4n) is 0.683. The van der Waals surface area contributed by atoms with Gasteiger partial charge in [-0.2, -0.15) is 0 Å². The Hall–Kier alpha value is -1.03. The average molecular weight is 138 g/mol. The van der Waals surface area contributed by atoms with Crippen LogP contribution in [0.3, 0.4) is 0 Å². The number of nitrogen functional groups attached to an aromatic ring is 1. The Morgan fingerprint density at radius 1 is 1.50 bits per heavy atom. The van der Waals surface area contributed by atoms with Crippen molar-refractivity contribution >= 4 is 19.0 Å². The summed E-state index contributed by atoms with van der Waals surface area (Å²) in [6, 6.07) is 4.75. The van der Waals surface area contributed by atoms with Gasteiger partial charge in [-0.3, -0.25) is 5.84 Å². The summed E-state index contributed by atoms with van der Waals surface area (Å²) in [5.41, 5.74) is 3.57. The molecule has 1 aromatic rings. The minimum Gasteiger partial charge on any atom is -0.324 e. The van der Waals surface area contributed by atoms with E-state index in [2.05, 4.69) is 5.43 Å². The molecule has 4 heteroatoms. The van der Waals surface area contributed by atoms with E-state index in [-0.39, 0.29) is 5.82 Å². The summed E-state index contributed by atoms with van der Waals surface area (Å²) < 4.78 is 12.7. The fourth-order valence-corrected chi connectivity index (χ4v) is 0.683. The number of hydrogen-bond acceptors (Lipinski definition) is 2. The number of halogens is 1. The molecular weight excluding hydrogens is 130 g/mol. The molecule has 0 radical (unpaired) electrons. The van der Waals surface area contributed by atoms with Crippen LogP contribution in [0.1, 0.15) is 0 Å². The van der Waals surface area contributed by atoms with Crippen LogP contribution in [0, 0.1) is 5.82 Å². The lowest BCUT2D eigenvalue weighted by Gasteiger charge is -2.00. The Bertz CT molecular complexity index is 239. The van der Waals surface area contributed by atoms with E-state index >= 15 is 0 Å². The summed E-state index contributed by atoms with van der Waals surface area (Å²) in [5, 5.41) is 0. The lowest BCUT2D eigenvalue weighted by molar-refractivity contribution is 0.636. The molecule has 0 bridgehead atoms. The third-order valence-electron chi connectivity index (χ3n) is 1.34. The van der Waals surface area contributed by atoms with Crippen LogP contribution in [0.2, 0.25) is 0 Å². The van der Waals surface area contributed by atoms with Crippen LogP contribution in [-0.4, -0.2) is 7.85 Å². The zero-order valence-corrected chi connectivity index (χ0v) is 5.69. The summed E-state index contributed by atoms with van der Waals surface area (Å²) in [6.07, 6.45) is 0. The number of rotatable bonds is 1. The number of nitrogens with two attached hydrogens (primary N) is 1. The standard InChI is InChI=1S/C6H8BFN2/c7-5-2-1-4(10-9)3-6(5)8/h1-3,10H,7,9H2. The zero-order valence-electron chi connectivity index (χ0n) is 5.69. The van der Waals surface area contributed by atoms with E-state index in [1.54, 1.807) is 20.0 Å². The van der Waals surface area contributed by atoms with Gasteiger partial charge in [-0.15, -0.1) is 0 Å². The summed E-state index contributed by atoms with van der Waals surface area (Å²) in [7, 11) is 1.70. The molecule has 0 heterocycles. The van der Waals surface area contributed by atoms with Crippen LogP contribution in [0.5, 0.6) is 0 Å². The summed E-state index contributed by atoms with van der Waals surface area (Å²) in [4.78, 5) is 0. The van der Waals surface area contributed by atoms with Crippen molar-refractivity contribution in [2.75, 3.05) is 5.43 Å². The van der Waals surface area contributed by atoms with Gasteiger partial charge < -0.3 is 5.43 Å². The maximum absolute atomic E-state index is 12.7. The Kier molecular flexibility index (Phi) is 1.92. The van der Waals surface area contributed by atoms with Gasteiger partial charge in [0.2, 0.25) is 0 Å². The lowest BCUT2D eigenvalue weighted by atomic mass is 9.95. The van der Waals surface area contributed by atoms with Gasteiger partial charge in [-0.1, -0.05) is 11.5 Å². The molecule has 0 aliphatic carbocycles. The second-order valence-electron chi connectivity index (χ2n) is 2.11. The normalized spacial score (nSPS) is 9.40. The first-order chi connectivity index (χ1) is 4.74. The number of benzene rings is 1. The molecule has 1 aromatic carbocycles. The van der Waals surface area contributed by atoms with E-state index in [0.717, 1.165) is 0 Å². The predicted octanol–water partition coefficient (Wildman–Crippen LogP) is -0.630. The molecule has 0 aliphatic rings. The highest BCUT2D eigenvalue weighted by atomic mass is 19.1. The van der Waals surface area contributed by atoms with Crippen LogP contribution < -0.4 is 16.7 Å². The topological polar surface area (TPSA) is 38.0 Å². The van der Waals surface area contributed by atoms with Crippen LogP contribution in [0.4, 0.5) is 10.1 Å². The highest BCUT2D eigenvalue weighted by Gasteiger charge is 1.95. The van der Waals surface area contributed by atoms with E-state index in [4.69, 9.17) is 5.84 Å². The van der Waals surface area contributed by atoms with Gasteiger partial charge in [-0.25, -0.2) is 4.39 Å². The van der Waals surface area contributed by atoms with Gasteiger partial charge >= 0.3 is 0 Å². The van der Waals surface area contributed by atoms with Gasteiger partial charge in [0.1, 0.15) is 13.7 Å². The van der Waals surface area contributed by atoms with E-state index < -0.39 is 0 Å². The first-order valence-electron chi connectivity index (χ1n) is 2.97. The third kappa shape index (κ3) is 1.27. The zero-order chi connectivity index (χ0) is 7.56. The molecule has 0 atom stereocenters. The predicted molar refractivity (Wildman–Crippen MR) is 42.4 cm³/mol. The largest absolute Gasteiger partial charge is 0.324 e. The van der Waals surface area contributed by atoms with Crippen LogP contribution in [0.25, 0.3) is 0 Å². The van der Waals surface area contributed by atoms with E-state index in [0.29, 0.717) is 11.2 Å². The third-order valence-corrected chi connectivity index (χ3v) is 1.34. The van der Waals surface area contributed by atoms with Gasteiger partial charge in [0.25, 0.3) is 0 Å². The first kappa shape index (κ1) is 7.09. The molecule has 52 valence electrons. The molecule has 2 nitrogen and oxygen atoms in total. The van der Waals surface area contributed by atoms with Crippen molar-refractivity contribution in [3.8, 4) is 0 Å². The maximum Gasteiger partial charge on any atom is 0.143 e. The smallest absolute Gasteiger partial charge is 0.143 e. The minimum absolute atomic E-state index is 0.240. The van der Waals surface area contributed by atoms with Crippen molar-refractivity contribution in [3.63, 3.8) is 0 Å². The molecule has 0 amide bonds. The van der Waals surface area contributed by atoms with Gasteiger partial charge in [0.05, 0.1) is 5.69 Å². The quantitative estimate of drug-likeness (QED) is 0.308. The van der Waals surface area contributed by atoms with Crippen LogP contribution in [0.15, 0.2) is 18.2 Å². The summed E-state index contributed by atoms with van der Waals surface area (Å²) in [5.74, 6) is 4.81. The second-order valence-corrected chi connectivity index (χ2v) is 2.11. The van der Waals surface area contributed by atoms with Crippen molar-refractivity contribution in [2.45, 2.75) is 0 Å². The average Bonchev–Trinajstić information content (AvgIpc) is 1.95. The van der Waals surface area contributed by atoms with Crippen molar-refractivity contribution in [1.82, 2.24) is 0 Å². The number of hydrazine groups is 1. The molecule has 0 saturated heterocycles. The highest BCUT2D eigenvalue weighted by Crippen LogP contribution is 2.04. The number of anilines is 1. The Morgan fingerprint density at radius 2 is 2.20 bits per heavy atom. The fraction of sp³-hybridized carbons (Fsp3) is 0. The molecule has 0 unspecified atom stereocenters. The van der Waals surface area contributed by atoms with E-state index in [9.17, 15) is 4.39 Å². The summed E-state index contributed by atoms with van der Waals surface area (Å²) >= 11 is 0. The molecule has 3 N–H and O–H groups in total. The molecule has 0 fully saturated rings. The van der Waals surface area contributed by atoms with Gasteiger partial charge in [-0.05, 0) is 12.1 Å². The lowest BCUT2D eigenvalue weighted by Crippen LogP contribution is -2.12. The van der Waals surface area contributed by atoms with Gasteiger partial charge in [0, 0.05) is 0 Å². The second kappa shape index (κ2) is 2.71. The first-order valence-corrected chi connectivity index (χ1v) is 2.97. The molecule has 1 rings (SSSR count). The van der Waals surface area contributed by atoms with Crippen molar-refractivity contribution in [1.29, 1.82) is 0 Å². The molecule has 0 saturated carbocycles. The Balaban J connectivity index is 3.04. The van der Waals surface area contributed by atoms with E-state index in [1.807, 2.05) is 0 Å². The van der Waals surface area contributed by atoms with E-state index in [1.165, 1.54) is 6.07 Å². The molecule has 10 heavy (non-hydrogen) atoms. The number of nitrogens with one attached hydrogen (secondary N) is 1. The monoisotopic (exact) mass is 138 g/mol. The molecular formula is C6H8BFN2. The Labute approximate surface area is 59.6 Å². The van der Waals surface area contributed by atoms with Crippen LogP contribution >= 0.6 is 0 Å². The highest BCUT2D eigenvalue weighted by molar-refractivity contribution is 6.32. The van der Waals surface area contributed by atoms with Crippen molar-refractivity contribution in [3.05, 3.63) is 24.0 Å². The molecule has 0 aliphatic heterocycles. The molecule has 0 aromatic heterocycles. The van der Waals surface area contributed by atoms with Crippen LogP contribution in [-0.2, 0) is 0 Å². The SMILES string of the molecule is Bc1ccc(NN)cc1F. The van der Waals surface area contributed by atoms with Crippen molar-refractivity contribution in [2.24, 2.45) is 5.84 Å². The summed E-state index contributed by atoms with van der Waals surface area (Å²) in [6.45, 7) is 0. The Morgan fingerprint density at radius 3 is 2.70 bits per heavy atom. The molecule has 0 spiro atoms. The van der Waals surface area contributed by atoms with Gasteiger partial charge in [0.15, 0.2) is 0 Å². The maximum atomic E-state index is 12.7. The minimum atomic E-state index is -0.240. The van der Waals surface area contributed by atoms with Crippen molar-refractivity contribution < 1.29 is 4.39 Å².